The maximum absolute atomic E-state index is 12.2. The number of aryl methyl sites for hydroxylation is 1. The molecule has 1 rings (SSSR count). The van der Waals surface area contributed by atoms with Crippen molar-refractivity contribution in [1.29, 1.82) is 0 Å². The van der Waals surface area contributed by atoms with E-state index in [1.165, 1.54) is 6.07 Å². The minimum Gasteiger partial charge on any atom is -0.480 e. The average Bonchev–Trinajstić information content (AvgIpc) is 2.36. The highest BCUT2D eigenvalue weighted by atomic mass is 79.9. The van der Waals surface area contributed by atoms with Gasteiger partial charge in [-0.05, 0) is 40.5 Å². The number of hydrogen-bond donors (Lipinski definition) is 2. The van der Waals surface area contributed by atoms with Gasteiger partial charge in [-0.1, -0.05) is 6.07 Å². The summed E-state index contributed by atoms with van der Waals surface area (Å²) in [5.74, 6) is -2.29. The molecule has 0 spiro atoms. The van der Waals surface area contributed by atoms with Crippen molar-refractivity contribution in [3.8, 4) is 0 Å². The van der Waals surface area contributed by atoms with Crippen LogP contribution in [-0.2, 0) is 24.3 Å². The Morgan fingerprint density at radius 3 is 2.52 bits per heavy atom. The second-order valence-corrected chi connectivity index (χ2v) is 6.76. The monoisotopic (exact) mass is 379 g/mol. The zero-order valence-corrected chi connectivity index (χ0v) is 13.7. The first-order valence-electron chi connectivity index (χ1n) is 5.75. The van der Waals surface area contributed by atoms with Gasteiger partial charge in [0, 0.05) is 4.47 Å². The predicted molar refractivity (Wildman–Crippen MR) is 77.3 cm³/mol. The number of nitrogens with one attached hydrogen (secondary N) is 1. The molecule has 0 aliphatic carbocycles. The van der Waals surface area contributed by atoms with Crippen molar-refractivity contribution in [1.82, 2.24) is 4.72 Å². The van der Waals surface area contributed by atoms with Crippen molar-refractivity contribution in [3.63, 3.8) is 0 Å². The lowest BCUT2D eigenvalue weighted by Gasteiger charge is -2.14. The molecule has 0 amide bonds. The fraction of sp³-hybridized carbons (Fsp3) is 0.333. The first-order valence-corrected chi connectivity index (χ1v) is 8.03. The van der Waals surface area contributed by atoms with Crippen molar-refractivity contribution >= 4 is 37.9 Å². The van der Waals surface area contributed by atoms with Crippen LogP contribution in [0.2, 0.25) is 0 Å². The van der Waals surface area contributed by atoms with Crippen LogP contribution in [0, 0.1) is 6.92 Å². The lowest BCUT2D eigenvalue weighted by atomic mass is 10.2. The molecule has 0 aromatic heterocycles. The molecule has 1 atom stereocenters. The molecule has 0 bridgehead atoms. The molecular formula is C12H14BrNO6S. The summed E-state index contributed by atoms with van der Waals surface area (Å²) < 4.78 is 31.0. The summed E-state index contributed by atoms with van der Waals surface area (Å²) in [6.07, 6.45) is -0.603. The first-order chi connectivity index (χ1) is 9.67. The number of halogens is 1. The molecule has 1 aromatic carbocycles. The SMILES string of the molecule is COC(=O)C[C@H](NS(=O)(=O)c1ccc(C)cc1Br)C(=O)O. The number of methoxy groups -OCH3 is 1. The van der Waals surface area contributed by atoms with Crippen LogP contribution in [0.4, 0.5) is 0 Å². The zero-order chi connectivity index (χ0) is 16.2. The number of rotatable bonds is 6. The summed E-state index contributed by atoms with van der Waals surface area (Å²) in [5.41, 5.74) is 0.838. The second kappa shape index (κ2) is 7.01. The molecule has 1 aromatic rings. The molecular weight excluding hydrogens is 366 g/mol. The molecule has 0 unspecified atom stereocenters. The Kier molecular flexibility index (Phi) is 5.87. The molecule has 0 saturated heterocycles. The molecule has 0 saturated carbocycles. The van der Waals surface area contributed by atoms with E-state index in [-0.39, 0.29) is 4.90 Å². The van der Waals surface area contributed by atoms with Gasteiger partial charge in [0.2, 0.25) is 10.0 Å². The van der Waals surface area contributed by atoms with E-state index >= 15 is 0 Å². The topological polar surface area (TPSA) is 110 Å². The quantitative estimate of drug-likeness (QED) is 0.714. The van der Waals surface area contributed by atoms with Crippen LogP contribution in [0.25, 0.3) is 0 Å². The molecule has 0 aliphatic rings. The van der Waals surface area contributed by atoms with Crippen molar-refractivity contribution in [2.75, 3.05) is 7.11 Å². The van der Waals surface area contributed by atoms with Crippen molar-refractivity contribution in [3.05, 3.63) is 28.2 Å². The van der Waals surface area contributed by atoms with E-state index in [1.807, 2.05) is 4.72 Å². The predicted octanol–water partition coefficient (Wildman–Crippen LogP) is 1.05. The highest BCUT2D eigenvalue weighted by Gasteiger charge is 2.29. The van der Waals surface area contributed by atoms with Crippen molar-refractivity contribution < 1.29 is 27.9 Å². The van der Waals surface area contributed by atoms with E-state index in [0.717, 1.165) is 12.7 Å². The molecule has 7 nitrogen and oxygen atoms in total. The standard InChI is InChI=1S/C12H14BrNO6S/c1-7-3-4-10(8(13)5-7)21(18,19)14-9(12(16)17)6-11(15)20-2/h3-5,9,14H,6H2,1-2H3,(H,16,17)/t9-/m0/s1. The van der Waals surface area contributed by atoms with Gasteiger partial charge in [0.05, 0.1) is 18.4 Å². The molecule has 116 valence electrons. The number of aliphatic carboxylic acids is 1. The van der Waals surface area contributed by atoms with Crippen LogP contribution >= 0.6 is 15.9 Å². The van der Waals surface area contributed by atoms with Gasteiger partial charge in [-0.2, -0.15) is 4.72 Å². The average molecular weight is 380 g/mol. The van der Waals surface area contributed by atoms with Gasteiger partial charge in [0.15, 0.2) is 0 Å². The number of sulfonamides is 1. The van der Waals surface area contributed by atoms with Crippen LogP contribution in [0.1, 0.15) is 12.0 Å². The third-order valence-electron chi connectivity index (χ3n) is 2.57. The minimum atomic E-state index is -4.09. The number of carbonyl (C=O) groups excluding carboxylic acids is 1. The third kappa shape index (κ3) is 4.80. The van der Waals surface area contributed by atoms with Gasteiger partial charge in [-0.25, -0.2) is 8.42 Å². The Bertz CT molecular complexity index is 658. The molecule has 0 radical (unpaired) electrons. The zero-order valence-electron chi connectivity index (χ0n) is 11.3. The van der Waals surface area contributed by atoms with E-state index in [0.29, 0.717) is 4.47 Å². The van der Waals surface area contributed by atoms with Crippen LogP contribution in [0.15, 0.2) is 27.6 Å². The second-order valence-electron chi connectivity index (χ2n) is 4.23. The fourth-order valence-corrected chi connectivity index (χ4v) is 3.89. The Balaban J connectivity index is 3.06. The minimum absolute atomic E-state index is 0.107. The normalized spacial score (nSPS) is 12.7. The van der Waals surface area contributed by atoms with E-state index in [9.17, 15) is 18.0 Å². The Labute approximate surface area is 130 Å². The van der Waals surface area contributed by atoms with Gasteiger partial charge in [-0.15, -0.1) is 0 Å². The molecule has 0 fully saturated rings. The molecule has 2 N–H and O–H groups in total. The summed E-state index contributed by atoms with van der Waals surface area (Å²) >= 11 is 3.12. The van der Waals surface area contributed by atoms with Gasteiger partial charge in [0.25, 0.3) is 0 Å². The third-order valence-corrected chi connectivity index (χ3v) is 5.02. The number of carboxylic acids is 1. The van der Waals surface area contributed by atoms with Crippen LogP contribution in [0.5, 0.6) is 0 Å². The maximum atomic E-state index is 12.2. The highest BCUT2D eigenvalue weighted by molar-refractivity contribution is 9.10. The number of ether oxygens (including phenoxy) is 1. The number of esters is 1. The maximum Gasteiger partial charge on any atom is 0.322 e. The van der Waals surface area contributed by atoms with E-state index < -0.39 is 34.4 Å². The summed E-state index contributed by atoms with van der Waals surface area (Å²) in [5, 5.41) is 8.99. The lowest BCUT2D eigenvalue weighted by Crippen LogP contribution is -2.42. The molecule has 0 heterocycles. The number of benzene rings is 1. The number of carbonyl (C=O) groups is 2. The molecule has 9 heteroatoms. The first kappa shape index (κ1) is 17.6. The summed E-state index contributed by atoms with van der Waals surface area (Å²) in [6.45, 7) is 1.78. The summed E-state index contributed by atoms with van der Waals surface area (Å²) in [7, 11) is -3.00. The summed E-state index contributed by atoms with van der Waals surface area (Å²) in [4.78, 5) is 22.1. The van der Waals surface area contributed by atoms with E-state index in [4.69, 9.17) is 5.11 Å². The summed E-state index contributed by atoms with van der Waals surface area (Å²) in [6, 6.07) is 2.91. The van der Waals surface area contributed by atoms with Crippen molar-refractivity contribution in [2.24, 2.45) is 0 Å². The van der Waals surface area contributed by atoms with Gasteiger partial charge in [0.1, 0.15) is 6.04 Å². The van der Waals surface area contributed by atoms with Gasteiger partial charge < -0.3 is 9.84 Å². The Hall–Kier alpha value is -1.45. The van der Waals surface area contributed by atoms with E-state index in [2.05, 4.69) is 20.7 Å². The number of carboxylic acid groups (broad SMARTS) is 1. The van der Waals surface area contributed by atoms with E-state index in [1.54, 1.807) is 19.1 Å². The van der Waals surface area contributed by atoms with Crippen LogP contribution in [-0.4, -0.2) is 38.6 Å². The lowest BCUT2D eigenvalue weighted by molar-refractivity contribution is -0.147. The fourth-order valence-electron chi connectivity index (χ4n) is 1.50. The molecule has 0 aliphatic heterocycles. The Morgan fingerprint density at radius 2 is 2.05 bits per heavy atom. The largest absolute Gasteiger partial charge is 0.480 e. The highest BCUT2D eigenvalue weighted by Crippen LogP contribution is 2.23. The smallest absolute Gasteiger partial charge is 0.322 e. The van der Waals surface area contributed by atoms with Crippen LogP contribution in [0.3, 0.4) is 0 Å². The Morgan fingerprint density at radius 1 is 1.43 bits per heavy atom. The van der Waals surface area contributed by atoms with Gasteiger partial charge >= 0.3 is 11.9 Å². The number of hydrogen-bond acceptors (Lipinski definition) is 5. The van der Waals surface area contributed by atoms with Crippen molar-refractivity contribution in [2.45, 2.75) is 24.3 Å². The molecule has 21 heavy (non-hydrogen) atoms. The van der Waals surface area contributed by atoms with Gasteiger partial charge in [-0.3, -0.25) is 9.59 Å². The van der Waals surface area contributed by atoms with Crippen LogP contribution < -0.4 is 4.72 Å².